The maximum absolute atomic E-state index is 12.5. The topological polar surface area (TPSA) is 53.4 Å². The second-order valence-electron chi connectivity index (χ2n) is 4.24. The molecule has 0 aliphatic carbocycles. The van der Waals surface area contributed by atoms with E-state index in [4.69, 9.17) is 5.11 Å². The molecule has 106 valence electrons. The number of carbonyl (C=O) groups is 1. The van der Waals surface area contributed by atoms with Gasteiger partial charge in [-0.25, -0.2) is 8.78 Å². The van der Waals surface area contributed by atoms with Gasteiger partial charge in [-0.2, -0.15) is 0 Å². The summed E-state index contributed by atoms with van der Waals surface area (Å²) in [6, 6.07) is 8.37. The lowest BCUT2D eigenvalue weighted by Crippen LogP contribution is -2.37. The number of carbonyl (C=O) groups excluding carboxylic acids is 1. The van der Waals surface area contributed by atoms with Gasteiger partial charge in [0, 0.05) is 23.7 Å². The lowest BCUT2D eigenvalue weighted by molar-refractivity contribution is 0.0511. The molecule has 0 radical (unpaired) electrons. The fourth-order valence-corrected chi connectivity index (χ4v) is 2.02. The van der Waals surface area contributed by atoms with Crippen LogP contribution in [0.5, 0.6) is 0 Å². The monoisotopic (exact) mass is 280 g/mol. The minimum atomic E-state index is -2.64. The van der Waals surface area contributed by atoms with Gasteiger partial charge in [-0.05, 0) is 18.2 Å². The van der Waals surface area contributed by atoms with Gasteiger partial charge in [0.2, 0.25) is 0 Å². The molecule has 4 nitrogen and oxygen atoms in total. The van der Waals surface area contributed by atoms with Crippen LogP contribution in [0.4, 0.5) is 8.78 Å². The van der Waals surface area contributed by atoms with Gasteiger partial charge < -0.3 is 10.0 Å². The van der Waals surface area contributed by atoms with Gasteiger partial charge in [-0.3, -0.25) is 9.78 Å². The predicted molar refractivity (Wildman–Crippen MR) is 70.7 cm³/mol. The second-order valence-corrected chi connectivity index (χ2v) is 4.24. The minimum absolute atomic E-state index is 0.125. The highest BCUT2D eigenvalue weighted by molar-refractivity contribution is 6.06. The molecule has 1 aromatic heterocycles. The van der Waals surface area contributed by atoms with Crippen LogP contribution in [0.1, 0.15) is 10.4 Å². The molecule has 0 aliphatic heterocycles. The zero-order valence-corrected chi connectivity index (χ0v) is 10.7. The van der Waals surface area contributed by atoms with E-state index in [1.54, 1.807) is 36.5 Å². The Hall–Kier alpha value is -2.08. The number of benzene rings is 1. The van der Waals surface area contributed by atoms with Crippen LogP contribution in [-0.2, 0) is 0 Å². The highest BCUT2D eigenvalue weighted by atomic mass is 19.3. The van der Waals surface area contributed by atoms with Crippen molar-refractivity contribution in [2.45, 2.75) is 6.43 Å². The van der Waals surface area contributed by atoms with Crippen molar-refractivity contribution in [1.82, 2.24) is 9.88 Å². The van der Waals surface area contributed by atoms with Crippen molar-refractivity contribution < 1.29 is 18.7 Å². The van der Waals surface area contributed by atoms with Crippen molar-refractivity contribution in [3.8, 4) is 0 Å². The first kappa shape index (κ1) is 14.3. The van der Waals surface area contributed by atoms with Gasteiger partial charge in [0.15, 0.2) is 0 Å². The molecule has 0 atom stereocenters. The maximum Gasteiger partial charge on any atom is 0.255 e. The van der Waals surface area contributed by atoms with E-state index >= 15 is 0 Å². The normalized spacial score (nSPS) is 11.0. The number of aliphatic hydroxyl groups is 1. The summed E-state index contributed by atoms with van der Waals surface area (Å²) >= 11 is 0. The summed E-state index contributed by atoms with van der Waals surface area (Å²) in [5, 5.41) is 9.52. The van der Waals surface area contributed by atoms with Crippen molar-refractivity contribution in [2.75, 3.05) is 19.7 Å². The number of aromatic nitrogens is 1. The average Bonchev–Trinajstić information content (AvgIpc) is 2.45. The first-order valence-corrected chi connectivity index (χ1v) is 6.15. The first-order chi connectivity index (χ1) is 9.63. The molecule has 2 aromatic rings. The molecule has 0 saturated heterocycles. The van der Waals surface area contributed by atoms with E-state index < -0.39 is 18.9 Å². The zero-order chi connectivity index (χ0) is 14.5. The highest BCUT2D eigenvalue weighted by Crippen LogP contribution is 2.18. The summed E-state index contributed by atoms with van der Waals surface area (Å²) in [7, 11) is 0. The molecule has 20 heavy (non-hydrogen) atoms. The Kier molecular flexibility index (Phi) is 4.57. The van der Waals surface area contributed by atoms with E-state index in [0.717, 1.165) is 4.90 Å². The smallest absolute Gasteiger partial charge is 0.255 e. The summed E-state index contributed by atoms with van der Waals surface area (Å²) in [4.78, 5) is 17.4. The van der Waals surface area contributed by atoms with Crippen molar-refractivity contribution in [2.24, 2.45) is 0 Å². The number of nitrogens with zero attached hydrogens (tertiary/aromatic N) is 2. The minimum Gasteiger partial charge on any atom is -0.395 e. The van der Waals surface area contributed by atoms with Crippen LogP contribution in [0.3, 0.4) is 0 Å². The van der Waals surface area contributed by atoms with Crippen LogP contribution < -0.4 is 0 Å². The third-order valence-corrected chi connectivity index (χ3v) is 2.89. The Morgan fingerprint density at radius 1 is 1.30 bits per heavy atom. The number of hydrogen-bond acceptors (Lipinski definition) is 3. The number of hydrogen-bond donors (Lipinski definition) is 1. The summed E-state index contributed by atoms with van der Waals surface area (Å²) < 4.78 is 25.0. The summed E-state index contributed by atoms with van der Waals surface area (Å²) in [5.74, 6) is -0.530. The molecule has 0 fully saturated rings. The van der Waals surface area contributed by atoms with Gasteiger partial charge in [0.25, 0.3) is 12.3 Å². The van der Waals surface area contributed by atoms with Crippen LogP contribution in [0.25, 0.3) is 10.9 Å². The number of halogens is 2. The molecule has 0 spiro atoms. The third-order valence-electron chi connectivity index (χ3n) is 2.89. The Bertz CT molecular complexity index is 599. The lowest BCUT2D eigenvalue weighted by atomic mass is 10.1. The number of alkyl halides is 2. The standard InChI is InChI=1S/C14H14F2N2O2/c15-13(16)9-18(7-8-19)14(20)11-3-1-5-12-10(11)4-2-6-17-12/h1-6,13,19H,7-9H2. The Labute approximate surface area is 114 Å². The summed E-state index contributed by atoms with van der Waals surface area (Å²) in [6.45, 7) is -1.18. The third kappa shape index (κ3) is 3.08. The van der Waals surface area contributed by atoms with Gasteiger partial charge in [-0.1, -0.05) is 12.1 Å². The first-order valence-electron chi connectivity index (χ1n) is 6.15. The molecule has 0 bridgehead atoms. The molecule has 0 aliphatic rings. The molecule has 1 aromatic carbocycles. The fraction of sp³-hybridized carbons (Fsp3) is 0.286. The van der Waals surface area contributed by atoms with Crippen LogP contribution in [0.2, 0.25) is 0 Å². The molecule has 1 amide bonds. The quantitative estimate of drug-likeness (QED) is 0.910. The van der Waals surface area contributed by atoms with E-state index in [0.29, 0.717) is 16.5 Å². The predicted octanol–water partition coefficient (Wildman–Crippen LogP) is 1.93. The van der Waals surface area contributed by atoms with E-state index in [-0.39, 0.29) is 13.2 Å². The SMILES string of the molecule is O=C(c1cccc2ncccc12)N(CCO)CC(F)F. The Morgan fingerprint density at radius 3 is 2.80 bits per heavy atom. The maximum atomic E-state index is 12.5. The molecular formula is C14H14F2N2O2. The largest absolute Gasteiger partial charge is 0.395 e. The molecule has 0 saturated carbocycles. The van der Waals surface area contributed by atoms with Crippen LogP contribution in [0.15, 0.2) is 36.5 Å². The highest BCUT2D eigenvalue weighted by Gasteiger charge is 2.20. The van der Waals surface area contributed by atoms with Crippen LogP contribution in [0, 0.1) is 0 Å². The van der Waals surface area contributed by atoms with Crippen molar-refractivity contribution in [3.05, 3.63) is 42.1 Å². The second kappa shape index (κ2) is 6.38. The fourth-order valence-electron chi connectivity index (χ4n) is 2.02. The Balaban J connectivity index is 2.38. The molecule has 1 heterocycles. The van der Waals surface area contributed by atoms with Crippen LogP contribution >= 0.6 is 0 Å². The number of fused-ring (bicyclic) bond motifs is 1. The molecule has 1 N–H and O–H groups in total. The van der Waals surface area contributed by atoms with E-state index in [1.807, 2.05) is 0 Å². The lowest BCUT2D eigenvalue weighted by Gasteiger charge is -2.21. The molecule has 6 heteroatoms. The van der Waals surface area contributed by atoms with Gasteiger partial charge >= 0.3 is 0 Å². The number of amides is 1. The van der Waals surface area contributed by atoms with Gasteiger partial charge in [0.05, 0.1) is 18.7 Å². The van der Waals surface area contributed by atoms with E-state index in [9.17, 15) is 13.6 Å². The summed E-state index contributed by atoms with van der Waals surface area (Å²) in [5.41, 5.74) is 0.934. The zero-order valence-electron chi connectivity index (χ0n) is 10.7. The number of pyridine rings is 1. The van der Waals surface area contributed by atoms with Crippen molar-refractivity contribution in [3.63, 3.8) is 0 Å². The van der Waals surface area contributed by atoms with Gasteiger partial charge in [-0.15, -0.1) is 0 Å². The molecule has 0 unspecified atom stereocenters. The number of aliphatic hydroxyl groups excluding tert-OH is 1. The van der Waals surface area contributed by atoms with Crippen LogP contribution in [-0.4, -0.2) is 47.0 Å². The van der Waals surface area contributed by atoms with Crippen molar-refractivity contribution in [1.29, 1.82) is 0 Å². The molecule has 2 rings (SSSR count). The average molecular weight is 280 g/mol. The number of rotatable bonds is 5. The van der Waals surface area contributed by atoms with Gasteiger partial charge in [0.1, 0.15) is 0 Å². The van der Waals surface area contributed by atoms with E-state index in [1.165, 1.54) is 0 Å². The molecular weight excluding hydrogens is 266 g/mol. The van der Waals surface area contributed by atoms with Crippen molar-refractivity contribution >= 4 is 16.8 Å². The Morgan fingerprint density at radius 2 is 2.10 bits per heavy atom. The summed E-state index contributed by atoms with van der Waals surface area (Å²) in [6.07, 6.45) is -1.04. The van der Waals surface area contributed by atoms with E-state index in [2.05, 4.69) is 4.98 Å².